The Kier molecular flexibility index (Phi) is 4.83. The molecule has 2 fully saturated rings. The Morgan fingerprint density at radius 1 is 1.04 bits per heavy atom. The molecule has 0 unspecified atom stereocenters. The van der Waals surface area contributed by atoms with E-state index in [1.165, 1.54) is 10.5 Å². The van der Waals surface area contributed by atoms with Gasteiger partial charge in [0, 0.05) is 32.7 Å². The summed E-state index contributed by atoms with van der Waals surface area (Å²) in [5.74, 6) is 0. The molecular weight excluding hydrogens is 319 g/mol. The van der Waals surface area contributed by atoms with Crippen LogP contribution in [0.5, 0.6) is 0 Å². The maximum Gasteiger partial charge on any atom is 0.494 e. The lowest BCUT2D eigenvalue weighted by molar-refractivity contribution is 0.00578. The summed E-state index contributed by atoms with van der Waals surface area (Å²) in [5.41, 5.74) is 1.57. The van der Waals surface area contributed by atoms with Gasteiger partial charge in [0.25, 0.3) is 0 Å². The largest absolute Gasteiger partial charge is 0.494 e. The van der Waals surface area contributed by atoms with E-state index in [9.17, 15) is 4.79 Å². The van der Waals surface area contributed by atoms with Crippen LogP contribution >= 0.6 is 0 Å². The molecule has 0 aliphatic carbocycles. The fraction of sp³-hybridized carbons (Fsp3) is 0.611. The number of carboxylic acid groups (broad SMARTS) is 1. The van der Waals surface area contributed by atoms with Gasteiger partial charge in [-0.3, -0.25) is 4.90 Å². The molecule has 1 N–H and O–H groups in total. The van der Waals surface area contributed by atoms with Crippen LogP contribution in [0.4, 0.5) is 4.79 Å². The molecule has 0 radical (unpaired) electrons. The van der Waals surface area contributed by atoms with E-state index in [1.807, 2.05) is 0 Å². The molecular formula is C18H27BN2O4. The maximum absolute atomic E-state index is 11.0. The normalized spacial score (nSPS) is 23.0. The second-order valence-electron chi connectivity index (χ2n) is 7.88. The first-order chi connectivity index (χ1) is 11.7. The Labute approximate surface area is 149 Å². The number of rotatable bonds is 3. The Morgan fingerprint density at radius 3 is 2.04 bits per heavy atom. The molecule has 3 rings (SSSR count). The Hall–Kier alpha value is -1.57. The first-order valence-electron chi connectivity index (χ1n) is 8.83. The molecule has 1 aromatic carbocycles. The molecule has 6 nitrogen and oxygen atoms in total. The van der Waals surface area contributed by atoms with Gasteiger partial charge >= 0.3 is 13.2 Å². The number of benzene rings is 1. The van der Waals surface area contributed by atoms with Gasteiger partial charge in [-0.25, -0.2) is 4.79 Å². The molecule has 2 aliphatic heterocycles. The van der Waals surface area contributed by atoms with Crippen LogP contribution < -0.4 is 5.46 Å². The average molecular weight is 346 g/mol. The quantitative estimate of drug-likeness (QED) is 0.846. The second-order valence-corrected chi connectivity index (χ2v) is 7.88. The Morgan fingerprint density at radius 2 is 1.56 bits per heavy atom. The summed E-state index contributed by atoms with van der Waals surface area (Å²) in [6, 6.07) is 8.32. The minimum absolute atomic E-state index is 0.333. The third-order valence-electron chi connectivity index (χ3n) is 5.55. The molecule has 136 valence electrons. The zero-order valence-corrected chi connectivity index (χ0v) is 15.5. The van der Waals surface area contributed by atoms with Crippen LogP contribution in [0.1, 0.15) is 33.3 Å². The van der Waals surface area contributed by atoms with Gasteiger partial charge in [-0.15, -0.1) is 0 Å². The number of hydrogen-bond acceptors (Lipinski definition) is 4. The highest BCUT2D eigenvalue weighted by Crippen LogP contribution is 2.36. The summed E-state index contributed by atoms with van der Waals surface area (Å²) in [7, 11) is -0.335. The molecule has 0 atom stereocenters. The fourth-order valence-electron chi connectivity index (χ4n) is 3.11. The molecule has 0 bridgehead atoms. The lowest BCUT2D eigenvalue weighted by Gasteiger charge is -2.33. The molecule has 0 aromatic heterocycles. The molecule has 2 heterocycles. The monoisotopic (exact) mass is 346 g/mol. The molecule has 0 spiro atoms. The third-order valence-corrected chi connectivity index (χ3v) is 5.55. The number of amides is 1. The third kappa shape index (κ3) is 3.83. The van der Waals surface area contributed by atoms with E-state index in [0.29, 0.717) is 13.1 Å². The van der Waals surface area contributed by atoms with Crippen LogP contribution in [-0.4, -0.2) is 65.5 Å². The van der Waals surface area contributed by atoms with Gasteiger partial charge in [-0.2, -0.15) is 0 Å². The van der Waals surface area contributed by atoms with E-state index in [4.69, 9.17) is 14.4 Å². The highest BCUT2D eigenvalue weighted by atomic mass is 16.7. The van der Waals surface area contributed by atoms with Gasteiger partial charge in [0.05, 0.1) is 11.2 Å². The summed E-state index contributed by atoms with van der Waals surface area (Å²) < 4.78 is 12.2. The van der Waals surface area contributed by atoms with Crippen molar-refractivity contribution in [2.45, 2.75) is 45.4 Å². The Balaban J connectivity index is 1.58. The fourth-order valence-corrected chi connectivity index (χ4v) is 3.11. The van der Waals surface area contributed by atoms with Crippen molar-refractivity contribution in [2.24, 2.45) is 0 Å². The van der Waals surface area contributed by atoms with Gasteiger partial charge in [-0.05, 0) is 38.7 Å². The first kappa shape index (κ1) is 18.2. The van der Waals surface area contributed by atoms with E-state index in [0.717, 1.165) is 25.1 Å². The number of hydrogen-bond donors (Lipinski definition) is 1. The average Bonchev–Trinajstić information content (AvgIpc) is 2.76. The van der Waals surface area contributed by atoms with Gasteiger partial charge in [0.15, 0.2) is 0 Å². The highest BCUT2D eigenvalue weighted by molar-refractivity contribution is 6.62. The van der Waals surface area contributed by atoms with Gasteiger partial charge in [0.2, 0.25) is 0 Å². The minimum atomic E-state index is -0.827. The van der Waals surface area contributed by atoms with E-state index >= 15 is 0 Å². The number of piperazine rings is 1. The highest BCUT2D eigenvalue weighted by Gasteiger charge is 2.51. The standard InChI is InChI=1S/C18H27BN2O4/c1-17(2)18(3,4)25-19(24-17)15-7-5-14(6-8-15)13-20-9-11-21(12-10-20)16(22)23/h5-8H,9-13H2,1-4H3,(H,22,23). The minimum Gasteiger partial charge on any atom is -0.465 e. The number of carbonyl (C=O) groups is 1. The van der Waals surface area contributed by atoms with Gasteiger partial charge in [-0.1, -0.05) is 24.3 Å². The Bertz CT molecular complexity index is 608. The zero-order chi connectivity index (χ0) is 18.2. The van der Waals surface area contributed by atoms with Gasteiger partial charge in [0.1, 0.15) is 0 Å². The lowest BCUT2D eigenvalue weighted by Crippen LogP contribution is -2.47. The molecule has 7 heteroatoms. The van der Waals surface area contributed by atoms with E-state index < -0.39 is 6.09 Å². The first-order valence-corrected chi connectivity index (χ1v) is 8.83. The maximum atomic E-state index is 11.0. The number of nitrogens with zero attached hydrogens (tertiary/aromatic N) is 2. The van der Waals surface area contributed by atoms with Crippen molar-refractivity contribution in [3.8, 4) is 0 Å². The summed E-state index contributed by atoms with van der Waals surface area (Å²) >= 11 is 0. The van der Waals surface area contributed by atoms with Crippen molar-refractivity contribution in [2.75, 3.05) is 26.2 Å². The van der Waals surface area contributed by atoms with Crippen LogP contribution in [-0.2, 0) is 15.9 Å². The molecule has 1 aromatic rings. The van der Waals surface area contributed by atoms with Crippen molar-refractivity contribution >= 4 is 18.7 Å². The molecule has 25 heavy (non-hydrogen) atoms. The summed E-state index contributed by atoms with van der Waals surface area (Å²) in [4.78, 5) is 14.7. The van der Waals surface area contributed by atoms with E-state index in [1.54, 1.807) is 0 Å². The summed E-state index contributed by atoms with van der Waals surface area (Å²) in [6.07, 6.45) is -0.827. The van der Waals surface area contributed by atoms with Gasteiger partial charge < -0.3 is 19.3 Å². The summed E-state index contributed by atoms with van der Waals surface area (Å²) in [6.45, 7) is 11.7. The van der Waals surface area contributed by atoms with E-state index in [2.05, 4.69) is 56.9 Å². The van der Waals surface area contributed by atoms with E-state index in [-0.39, 0.29) is 18.3 Å². The SMILES string of the molecule is CC1(C)OB(c2ccc(CN3CCN(C(=O)O)CC3)cc2)OC1(C)C. The second kappa shape index (κ2) is 6.63. The van der Waals surface area contributed by atoms with Crippen molar-refractivity contribution < 1.29 is 19.2 Å². The van der Waals surface area contributed by atoms with Crippen LogP contribution in [0.25, 0.3) is 0 Å². The van der Waals surface area contributed by atoms with Crippen LogP contribution in [0, 0.1) is 0 Å². The zero-order valence-electron chi connectivity index (χ0n) is 15.5. The molecule has 1 amide bonds. The van der Waals surface area contributed by atoms with Crippen molar-refractivity contribution in [3.05, 3.63) is 29.8 Å². The van der Waals surface area contributed by atoms with Crippen LogP contribution in [0.15, 0.2) is 24.3 Å². The van der Waals surface area contributed by atoms with Crippen molar-refractivity contribution in [1.82, 2.24) is 9.80 Å². The molecule has 0 saturated carbocycles. The van der Waals surface area contributed by atoms with Crippen molar-refractivity contribution in [3.63, 3.8) is 0 Å². The van der Waals surface area contributed by atoms with Crippen LogP contribution in [0.2, 0.25) is 0 Å². The topological polar surface area (TPSA) is 62.2 Å². The predicted octanol–water partition coefficient (Wildman–Crippen LogP) is 1.78. The predicted molar refractivity (Wildman–Crippen MR) is 97.0 cm³/mol. The lowest BCUT2D eigenvalue weighted by atomic mass is 9.79. The molecule has 2 saturated heterocycles. The van der Waals surface area contributed by atoms with Crippen LogP contribution in [0.3, 0.4) is 0 Å². The summed E-state index contributed by atoms with van der Waals surface area (Å²) in [5, 5.41) is 9.01. The molecule has 2 aliphatic rings. The smallest absolute Gasteiger partial charge is 0.465 e. The van der Waals surface area contributed by atoms with Crippen molar-refractivity contribution in [1.29, 1.82) is 0 Å².